The van der Waals surface area contributed by atoms with Crippen molar-refractivity contribution < 1.29 is 17.6 Å². The van der Waals surface area contributed by atoms with E-state index in [1.54, 1.807) is 42.2 Å². The summed E-state index contributed by atoms with van der Waals surface area (Å²) in [5.74, 6) is -0.637. The van der Waals surface area contributed by atoms with Crippen molar-refractivity contribution in [2.24, 2.45) is 0 Å². The molecule has 3 aromatic rings. The fourth-order valence-corrected chi connectivity index (χ4v) is 7.38. The Morgan fingerprint density at radius 2 is 1.58 bits per heavy atom. The van der Waals surface area contributed by atoms with Gasteiger partial charge in [-0.3, -0.25) is 4.79 Å². The molecular formula is C28H35FN2O3S2. The number of carbonyl (C=O) groups is 1. The van der Waals surface area contributed by atoms with E-state index in [-0.39, 0.29) is 35.8 Å². The van der Waals surface area contributed by atoms with Gasteiger partial charge in [0.25, 0.3) is 0 Å². The van der Waals surface area contributed by atoms with Crippen LogP contribution in [-0.2, 0) is 27.9 Å². The van der Waals surface area contributed by atoms with E-state index in [1.165, 1.54) is 16.4 Å². The number of benzene rings is 2. The highest BCUT2D eigenvalue weighted by molar-refractivity contribution is 7.89. The van der Waals surface area contributed by atoms with E-state index in [4.69, 9.17) is 0 Å². The number of amides is 1. The molecular weight excluding hydrogens is 495 g/mol. The molecule has 0 aliphatic carbocycles. The second kappa shape index (κ2) is 11.7. The predicted molar refractivity (Wildman–Crippen MR) is 144 cm³/mol. The second-order valence-electron chi connectivity index (χ2n) is 9.44. The van der Waals surface area contributed by atoms with Gasteiger partial charge in [0.2, 0.25) is 15.9 Å². The van der Waals surface area contributed by atoms with Crippen molar-refractivity contribution in [2.75, 3.05) is 6.54 Å². The van der Waals surface area contributed by atoms with Crippen LogP contribution in [0.4, 0.5) is 4.39 Å². The van der Waals surface area contributed by atoms with Crippen LogP contribution in [0.5, 0.6) is 0 Å². The summed E-state index contributed by atoms with van der Waals surface area (Å²) >= 11 is 1.56. The summed E-state index contributed by atoms with van der Waals surface area (Å²) in [6.07, 6.45) is 0.568. The van der Waals surface area contributed by atoms with Gasteiger partial charge in [0.05, 0.1) is 18.0 Å². The Balaban J connectivity index is 1.97. The first-order chi connectivity index (χ1) is 16.9. The molecule has 1 unspecified atom stereocenters. The van der Waals surface area contributed by atoms with E-state index in [2.05, 4.69) is 0 Å². The molecule has 1 amide bonds. The number of sulfonamides is 1. The third-order valence-corrected chi connectivity index (χ3v) is 9.76. The Bertz CT molecular complexity index is 1290. The molecule has 0 saturated heterocycles. The van der Waals surface area contributed by atoms with Crippen molar-refractivity contribution in [3.05, 3.63) is 86.4 Å². The highest BCUT2D eigenvalue weighted by atomic mass is 32.2. The fourth-order valence-electron chi connectivity index (χ4n) is 4.39. The number of hydrogen-bond acceptors (Lipinski definition) is 4. The molecule has 0 saturated carbocycles. The number of hydrogen-bond donors (Lipinski definition) is 0. The van der Waals surface area contributed by atoms with Crippen molar-refractivity contribution in [1.29, 1.82) is 0 Å². The third-order valence-electron chi connectivity index (χ3n) is 6.49. The van der Waals surface area contributed by atoms with Crippen LogP contribution in [0.1, 0.15) is 53.0 Å². The molecule has 1 atom stereocenters. The minimum absolute atomic E-state index is 0.257. The Morgan fingerprint density at radius 3 is 2.11 bits per heavy atom. The number of halogens is 1. The summed E-state index contributed by atoms with van der Waals surface area (Å²) in [7, 11) is -3.93. The minimum Gasteiger partial charge on any atom is -0.332 e. The molecule has 0 radical (unpaired) electrons. The monoisotopic (exact) mass is 530 g/mol. The summed E-state index contributed by atoms with van der Waals surface area (Å²) in [6.45, 7) is 11.6. The van der Waals surface area contributed by atoms with Gasteiger partial charge in [-0.1, -0.05) is 36.8 Å². The lowest BCUT2D eigenvalue weighted by Crippen LogP contribution is -2.46. The Morgan fingerprint density at radius 1 is 0.972 bits per heavy atom. The van der Waals surface area contributed by atoms with Crippen LogP contribution in [0.2, 0.25) is 0 Å². The molecule has 1 heterocycles. The van der Waals surface area contributed by atoms with Crippen LogP contribution in [0.3, 0.4) is 0 Å². The van der Waals surface area contributed by atoms with E-state index < -0.39 is 10.0 Å². The maximum Gasteiger partial charge on any atom is 0.244 e. The zero-order valence-electron chi connectivity index (χ0n) is 21.8. The normalized spacial score (nSPS) is 12.7. The second-order valence-corrected chi connectivity index (χ2v) is 12.3. The lowest BCUT2D eigenvalue weighted by Gasteiger charge is -2.31. The Labute approximate surface area is 218 Å². The SMILES string of the molecule is CCC(C)N(CC(=O)N(Cc1ccc(F)cc1)Cc1sccc1C)S(=O)(=O)c1c(C)cc(C)cc1C. The molecule has 0 fully saturated rings. The van der Waals surface area contributed by atoms with Crippen molar-refractivity contribution in [3.63, 3.8) is 0 Å². The minimum atomic E-state index is -3.93. The van der Waals surface area contributed by atoms with Gasteiger partial charge in [-0.2, -0.15) is 4.31 Å². The lowest BCUT2D eigenvalue weighted by molar-refractivity contribution is -0.133. The van der Waals surface area contributed by atoms with Crippen molar-refractivity contribution >= 4 is 27.3 Å². The van der Waals surface area contributed by atoms with Crippen LogP contribution in [0.25, 0.3) is 0 Å². The van der Waals surface area contributed by atoms with E-state index in [9.17, 15) is 17.6 Å². The average Bonchev–Trinajstić information content (AvgIpc) is 3.21. The average molecular weight is 531 g/mol. The maximum absolute atomic E-state index is 13.9. The van der Waals surface area contributed by atoms with E-state index in [0.29, 0.717) is 24.1 Å². The number of thiophene rings is 1. The van der Waals surface area contributed by atoms with Crippen molar-refractivity contribution in [3.8, 4) is 0 Å². The molecule has 0 N–H and O–H groups in total. The standard InChI is InChI=1S/C28H35FN2O3S2/c1-7-23(6)31(36(33,34)28-21(4)14-19(2)15-22(28)5)18-27(32)30(17-26-20(3)12-13-35-26)16-24-8-10-25(29)11-9-24/h8-15,23H,7,16-18H2,1-6H3. The van der Waals surface area contributed by atoms with E-state index in [0.717, 1.165) is 21.6 Å². The molecule has 2 aromatic carbocycles. The molecule has 0 aliphatic heterocycles. The van der Waals surface area contributed by atoms with Crippen LogP contribution < -0.4 is 0 Å². The van der Waals surface area contributed by atoms with Crippen molar-refractivity contribution in [2.45, 2.75) is 72.0 Å². The van der Waals surface area contributed by atoms with E-state index in [1.807, 2.05) is 51.3 Å². The van der Waals surface area contributed by atoms with Crippen LogP contribution in [0.15, 0.2) is 52.7 Å². The largest absolute Gasteiger partial charge is 0.332 e. The van der Waals surface area contributed by atoms with Gasteiger partial charge in [0.15, 0.2) is 0 Å². The van der Waals surface area contributed by atoms with Gasteiger partial charge < -0.3 is 4.90 Å². The molecule has 5 nitrogen and oxygen atoms in total. The highest BCUT2D eigenvalue weighted by Gasteiger charge is 2.34. The summed E-state index contributed by atoms with van der Waals surface area (Å²) in [4.78, 5) is 16.7. The van der Waals surface area contributed by atoms with Gasteiger partial charge in [0.1, 0.15) is 5.82 Å². The molecule has 36 heavy (non-hydrogen) atoms. The molecule has 0 aliphatic rings. The smallest absolute Gasteiger partial charge is 0.244 e. The predicted octanol–water partition coefficient (Wildman–Crippen LogP) is 6.14. The Hall–Kier alpha value is -2.55. The molecule has 0 spiro atoms. The molecule has 0 bridgehead atoms. The first-order valence-corrected chi connectivity index (χ1v) is 14.4. The first kappa shape index (κ1) is 28.0. The number of carbonyl (C=O) groups excluding carboxylic acids is 1. The first-order valence-electron chi connectivity index (χ1n) is 12.1. The zero-order valence-corrected chi connectivity index (χ0v) is 23.5. The number of aryl methyl sites for hydroxylation is 4. The number of rotatable bonds is 10. The fraction of sp³-hybridized carbons (Fsp3) is 0.393. The van der Waals surface area contributed by atoms with Gasteiger partial charge in [-0.05, 0) is 86.9 Å². The number of nitrogens with zero attached hydrogens (tertiary/aromatic N) is 2. The van der Waals surface area contributed by atoms with Gasteiger partial charge >= 0.3 is 0 Å². The molecule has 8 heteroatoms. The van der Waals surface area contributed by atoms with Crippen LogP contribution in [0, 0.1) is 33.5 Å². The molecule has 194 valence electrons. The quantitative estimate of drug-likeness (QED) is 0.316. The third kappa shape index (κ3) is 6.41. The van der Waals surface area contributed by atoms with Crippen LogP contribution >= 0.6 is 11.3 Å². The van der Waals surface area contributed by atoms with Crippen LogP contribution in [-0.4, -0.2) is 36.1 Å². The zero-order chi connectivity index (χ0) is 26.6. The summed E-state index contributed by atoms with van der Waals surface area (Å²) in [5.41, 5.74) is 4.19. The lowest BCUT2D eigenvalue weighted by atomic mass is 10.1. The topological polar surface area (TPSA) is 57.7 Å². The summed E-state index contributed by atoms with van der Waals surface area (Å²) < 4.78 is 42.7. The van der Waals surface area contributed by atoms with Crippen molar-refractivity contribution in [1.82, 2.24) is 9.21 Å². The van der Waals surface area contributed by atoms with E-state index >= 15 is 0 Å². The Kier molecular flexibility index (Phi) is 9.08. The maximum atomic E-state index is 13.9. The summed E-state index contributed by atoms with van der Waals surface area (Å²) in [5, 5.41) is 1.98. The molecule has 3 rings (SSSR count). The van der Waals surface area contributed by atoms with Gasteiger partial charge in [-0.15, -0.1) is 11.3 Å². The highest BCUT2D eigenvalue weighted by Crippen LogP contribution is 2.28. The molecule has 1 aromatic heterocycles. The van der Waals surface area contributed by atoms with Gasteiger partial charge in [-0.25, -0.2) is 12.8 Å². The van der Waals surface area contributed by atoms with Gasteiger partial charge in [0, 0.05) is 17.5 Å². The summed E-state index contributed by atoms with van der Waals surface area (Å²) in [6, 6.07) is 11.4.